The van der Waals surface area contributed by atoms with Gasteiger partial charge in [0.25, 0.3) is 0 Å². The number of nitrogens with zero attached hydrogens (tertiary/aromatic N) is 4. The lowest BCUT2D eigenvalue weighted by Gasteiger charge is -2.17. The first-order valence-electron chi connectivity index (χ1n) is 10.5. The molecule has 0 aliphatic heterocycles. The van der Waals surface area contributed by atoms with E-state index in [0.29, 0.717) is 0 Å². The number of pyridine rings is 1. The van der Waals surface area contributed by atoms with Crippen molar-refractivity contribution in [1.82, 2.24) is 19.2 Å². The molecule has 0 fully saturated rings. The summed E-state index contributed by atoms with van der Waals surface area (Å²) in [5, 5.41) is 8.21. The number of hydrogen-bond acceptors (Lipinski definition) is 2. The highest BCUT2D eigenvalue weighted by atomic mass is 15.2. The Kier molecular flexibility index (Phi) is 3.78. The highest BCUT2D eigenvalue weighted by molar-refractivity contribution is 6.17. The molecule has 0 saturated heterocycles. The van der Waals surface area contributed by atoms with Crippen LogP contribution in [0.2, 0.25) is 0 Å². The van der Waals surface area contributed by atoms with E-state index in [4.69, 9.17) is 4.98 Å². The number of rotatable bonds is 2. The molecule has 3 heterocycles. The standard InChI is InChI=1S/C27H22N4/c1-17-15-18(2)26(19(3)16-17)30-14-13-28-27(30)22-9-6-10-24-25(22)21-8-5-4-7-20(21)23-11-12-29-31(23)24/h4-16H,1-3H3. The second kappa shape index (κ2) is 6.54. The van der Waals surface area contributed by atoms with Crippen LogP contribution < -0.4 is 0 Å². The molecule has 4 heteroatoms. The van der Waals surface area contributed by atoms with Gasteiger partial charge in [-0.2, -0.15) is 5.10 Å². The quantitative estimate of drug-likeness (QED) is 0.313. The minimum atomic E-state index is 0.942. The van der Waals surface area contributed by atoms with Crippen molar-refractivity contribution in [2.24, 2.45) is 0 Å². The van der Waals surface area contributed by atoms with Crippen LogP contribution in [0.4, 0.5) is 0 Å². The van der Waals surface area contributed by atoms with Gasteiger partial charge in [-0.1, -0.05) is 54.1 Å². The van der Waals surface area contributed by atoms with Gasteiger partial charge in [-0.25, -0.2) is 9.50 Å². The van der Waals surface area contributed by atoms with Crippen molar-refractivity contribution in [2.45, 2.75) is 20.8 Å². The van der Waals surface area contributed by atoms with Gasteiger partial charge in [0, 0.05) is 28.7 Å². The first-order chi connectivity index (χ1) is 15.1. The Balaban J connectivity index is 1.75. The van der Waals surface area contributed by atoms with E-state index in [-0.39, 0.29) is 0 Å². The number of aryl methyl sites for hydroxylation is 3. The van der Waals surface area contributed by atoms with Crippen LogP contribution in [0.3, 0.4) is 0 Å². The summed E-state index contributed by atoms with van der Waals surface area (Å²) < 4.78 is 4.26. The van der Waals surface area contributed by atoms with Gasteiger partial charge < -0.3 is 0 Å². The fraction of sp³-hybridized carbons (Fsp3) is 0.111. The molecule has 31 heavy (non-hydrogen) atoms. The van der Waals surface area contributed by atoms with E-state index >= 15 is 0 Å². The van der Waals surface area contributed by atoms with Crippen molar-refractivity contribution < 1.29 is 0 Å². The Morgan fingerprint density at radius 3 is 2.32 bits per heavy atom. The van der Waals surface area contributed by atoms with Gasteiger partial charge in [-0.3, -0.25) is 4.57 Å². The third-order valence-electron chi connectivity index (χ3n) is 6.14. The summed E-state index contributed by atoms with van der Waals surface area (Å²) in [4.78, 5) is 4.83. The van der Waals surface area contributed by atoms with E-state index in [9.17, 15) is 0 Å². The van der Waals surface area contributed by atoms with Gasteiger partial charge in [0.15, 0.2) is 0 Å². The van der Waals surface area contributed by atoms with Crippen LogP contribution in [0.1, 0.15) is 16.7 Å². The fourth-order valence-electron chi connectivity index (χ4n) is 5.05. The number of aromatic nitrogens is 4. The Morgan fingerprint density at radius 1 is 0.742 bits per heavy atom. The van der Waals surface area contributed by atoms with Gasteiger partial charge in [-0.05, 0) is 49.4 Å². The van der Waals surface area contributed by atoms with E-state index in [1.165, 1.54) is 38.5 Å². The number of benzene rings is 3. The average Bonchev–Trinajstić information content (AvgIpc) is 3.43. The third kappa shape index (κ3) is 2.55. The molecule has 4 nitrogen and oxygen atoms in total. The van der Waals surface area contributed by atoms with E-state index in [1.54, 1.807) is 0 Å². The van der Waals surface area contributed by atoms with Crippen LogP contribution >= 0.6 is 0 Å². The van der Waals surface area contributed by atoms with Gasteiger partial charge in [0.05, 0.1) is 22.9 Å². The lowest BCUT2D eigenvalue weighted by molar-refractivity contribution is 1.01. The molecule has 3 aromatic heterocycles. The molecule has 0 N–H and O–H groups in total. The molecular weight excluding hydrogens is 380 g/mol. The SMILES string of the molecule is Cc1cc(C)c(-n2ccnc2-c2cccc3c2c2ccccc2c2ccnn23)c(C)c1. The molecule has 0 spiro atoms. The van der Waals surface area contributed by atoms with Crippen molar-refractivity contribution in [3.05, 3.63) is 95.9 Å². The molecule has 3 aromatic carbocycles. The largest absolute Gasteiger partial charge is 0.299 e. The first kappa shape index (κ1) is 17.9. The fourth-order valence-corrected chi connectivity index (χ4v) is 5.05. The molecule has 0 radical (unpaired) electrons. The zero-order valence-corrected chi connectivity index (χ0v) is 17.8. The summed E-state index contributed by atoms with van der Waals surface area (Å²) >= 11 is 0. The van der Waals surface area contributed by atoms with E-state index in [2.05, 4.69) is 97.3 Å². The number of fused-ring (bicyclic) bond motifs is 6. The Labute approximate surface area is 180 Å². The van der Waals surface area contributed by atoms with Gasteiger partial charge in [-0.15, -0.1) is 0 Å². The predicted molar refractivity (Wildman–Crippen MR) is 127 cm³/mol. The molecule has 0 atom stereocenters. The first-order valence-corrected chi connectivity index (χ1v) is 10.5. The smallest absolute Gasteiger partial charge is 0.145 e. The number of imidazole rings is 1. The second-order valence-corrected chi connectivity index (χ2v) is 8.24. The molecule has 6 aromatic rings. The van der Waals surface area contributed by atoms with Gasteiger partial charge in [0.1, 0.15) is 5.82 Å². The second-order valence-electron chi connectivity index (χ2n) is 8.24. The van der Waals surface area contributed by atoms with Gasteiger partial charge >= 0.3 is 0 Å². The highest BCUT2D eigenvalue weighted by Crippen LogP contribution is 2.37. The summed E-state index contributed by atoms with van der Waals surface area (Å²) in [7, 11) is 0. The van der Waals surface area contributed by atoms with Crippen LogP contribution in [0.5, 0.6) is 0 Å². The summed E-state index contributed by atoms with van der Waals surface area (Å²) in [6.07, 6.45) is 5.82. The molecule has 0 aliphatic rings. The maximum absolute atomic E-state index is 4.83. The summed E-state index contributed by atoms with van der Waals surface area (Å²) in [6, 6.07) is 21.5. The summed E-state index contributed by atoms with van der Waals surface area (Å²) in [5.74, 6) is 0.942. The minimum absolute atomic E-state index is 0.942. The molecule has 6 rings (SSSR count). The topological polar surface area (TPSA) is 35.1 Å². The van der Waals surface area contributed by atoms with Crippen LogP contribution in [-0.2, 0) is 0 Å². The minimum Gasteiger partial charge on any atom is -0.299 e. The number of hydrogen-bond donors (Lipinski definition) is 0. The maximum Gasteiger partial charge on any atom is 0.145 e. The van der Waals surface area contributed by atoms with Crippen LogP contribution in [0.15, 0.2) is 79.3 Å². The summed E-state index contributed by atoms with van der Waals surface area (Å²) in [6.45, 7) is 6.49. The molecule has 0 bridgehead atoms. The van der Waals surface area contributed by atoms with E-state index in [1.807, 2.05) is 16.9 Å². The van der Waals surface area contributed by atoms with Crippen LogP contribution in [0.25, 0.3) is 44.3 Å². The van der Waals surface area contributed by atoms with E-state index in [0.717, 1.165) is 22.4 Å². The van der Waals surface area contributed by atoms with Crippen molar-refractivity contribution in [1.29, 1.82) is 0 Å². The Hall–Kier alpha value is -3.92. The average molecular weight is 403 g/mol. The third-order valence-corrected chi connectivity index (χ3v) is 6.14. The van der Waals surface area contributed by atoms with Crippen molar-refractivity contribution >= 4 is 27.2 Å². The molecule has 0 saturated carbocycles. The Morgan fingerprint density at radius 2 is 1.52 bits per heavy atom. The lowest BCUT2D eigenvalue weighted by atomic mass is 9.99. The monoisotopic (exact) mass is 402 g/mol. The van der Waals surface area contributed by atoms with Crippen molar-refractivity contribution in [2.75, 3.05) is 0 Å². The van der Waals surface area contributed by atoms with Crippen molar-refractivity contribution in [3.63, 3.8) is 0 Å². The molecular formula is C27H22N4. The van der Waals surface area contributed by atoms with Crippen molar-refractivity contribution in [3.8, 4) is 17.1 Å². The zero-order valence-electron chi connectivity index (χ0n) is 17.8. The molecule has 150 valence electrons. The van der Waals surface area contributed by atoms with Gasteiger partial charge in [0.2, 0.25) is 0 Å². The molecule has 0 amide bonds. The normalized spacial score (nSPS) is 11.7. The van der Waals surface area contributed by atoms with Crippen LogP contribution in [0, 0.1) is 20.8 Å². The summed E-state index contributed by atoms with van der Waals surface area (Å²) in [5.41, 5.74) is 8.28. The lowest BCUT2D eigenvalue weighted by Crippen LogP contribution is -2.03. The van der Waals surface area contributed by atoms with E-state index < -0.39 is 0 Å². The molecule has 0 aliphatic carbocycles. The Bertz CT molecular complexity index is 1590. The zero-order chi connectivity index (χ0) is 21.1. The highest BCUT2D eigenvalue weighted by Gasteiger charge is 2.18. The molecule has 0 unspecified atom stereocenters. The maximum atomic E-state index is 4.83. The van der Waals surface area contributed by atoms with Crippen LogP contribution in [-0.4, -0.2) is 19.2 Å². The predicted octanol–water partition coefficient (Wildman–Crippen LogP) is 6.42.